The van der Waals surface area contributed by atoms with E-state index in [0.29, 0.717) is 11.5 Å². The average Bonchev–Trinajstić information content (AvgIpc) is 2.31. The van der Waals surface area contributed by atoms with Crippen molar-refractivity contribution < 1.29 is 9.53 Å². The minimum atomic E-state index is -0.445. The van der Waals surface area contributed by atoms with E-state index in [1.165, 1.54) is 7.11 Å². The zero-order chi connectivity index (χ0) is 13.1. The molecule has 0 aromatic carbocycles. The van der Waals surface area contributed by atoms with Gasteiger partial charge >= 0.3 is 5.97 Å². The van der Waals surface area contributed by atoms with E-state index in [1.807, 2.05) is 0 Å². The van der Waals surface area contributed by atoms with Crippen molar-refractivity contribution in [3.63, 3.8) is 0 Å². The first-order chi connectivity index (χ1) is 7.85. The summed E-state index contributed by atoms with van der Waals surface area (Å²) in [5.74, 6) is -0.0895. The number of methoxy groups -OCH3 is 1. The molecule has 1 fully saturated rings. The summed E-state index contributed by atoms with van der Waals surface area (Å²) in [4.78, 5) is 12.1. The van der Waals surface area contributed by atoms with Crippen LogP contribution in [0.25, 0.3) is 0 Å². The Labute approximate surface area is 105 Å². The van der Waals surface area contributed by atoms with Crippen LogP contribution in [0.3, 0.4) is 0 Å². The van der Waals surface area contributed by atoms with Crippen LogP contribution in [0.1, 0.15) is 59.8 Å². The first-order valence-corrected chi connectivity index (χ1v) is 6.71. The molecule has 3 nitrogen and oxygen atoms in total. The van der Waals surface area contributed by atoms with E-state index in [4.69, 9.17) is 4.74 Å². The number of carbonyl (C=O) groups excluding carboxylic acids is 1. The van der Waals surface area contributed by atoms with E-state index >= 15 is 0 Å². The Bertz CT molecular complexity index is 263. The lowest BCUT2D eigenvalue weighted by Crippen LogP contribution is -2.58. The number of ether oxygens (including phenoxy) is 1. The molecule has 1 atom stereocenters. The molecule has 0 radical (unpaired) electrons. The van der Waals surface area contributed by atoms with Crippen LogP contribution in [-0.4, -0.2) is 24.7 Å². The van der Waals surface area contributed by atoms with Crippen LogP contribution in [-0.2, 0) is 9.53 Å². The molecule has 0 saturated heterocycles. The number of hydrogen-bond donors (Lipinski definition) is 1. The quantitative estimate of drug-likeness (QED) is 0.769. The number of nitrogens with one attached hydrogen (secondary N) is 1. The van der Waals surface area contributed by atoms with Gasteiger partial charge in [0.15, 0.2) is 0 Å². The first-order valence-electron chi connectivity index (χ1n) is 6.71. The molecular weight excluding hydrogens is 214 g/mol. The highest BCUT2D eigenvalue weighted by molar-refractivity contribution is 5.81. The summed E-state index contributed by atoms with van der Waals surface area (Å²) in [5.41, 5.74) is -0.0889. The Morgan fingerprint density at radius 2 is 1.82 bits per heavy atom. The van der Waals surface area contributed by atoms with Gasteiger partial charge in [0.2, 0.25) is 0 Å². The second kappa shape index (κ2) is 5.38. The van der Waals surface area contributed by atoms with Gasteiger partial charge in [0.05, 0.1) is 7.11 Å². The van der Waals surface area contributed by atoms with Crippen molar-refractivity contribution in [1.82, 2.24) is 5.32 Å². The summed E-state index contributed by atoms with van der Waals surface area (Å²) in [6.45, 7) is 8.81. The van der Waals surface area contributed by atoms with Gasteiger partial charge in [0.25, 0.3) is 0 Å². The van der Waals surface area contributed by atoms with Crippen LogP contribution in [0.2, 0.25) is 0 Å². The summed E-state index contributed by atoms with van der Waals surface area (Å²) in [5, 5.41) is 3.50. The van der Waals surface area contributed by atoms with Gasteiger partial charge in [-0.3, -0.25) is 10.1 Å². The minimum absolute atomic E-state index is 0.0895. The van der Waals surface area contributed by atoms with Crippen molar-refractivity contribution in [3.8, 4) is 0 Å². The van der Waals surface area contributed by atoms with Crippen LogP contribution in [0.4, 0.5) is 0 Å². The molecular formula is C14H27NO2. The molecule has 1 N–H and O–H groups in total. The highest BCUT2D eigenvalue weighted by atomic mass is 16.5. The Balaban J connectivity index is 2.78. The first kappa shape index (κ1) is 14.5. The van der Waals surface area contributed by atoms with Crippen LogP contribution in [0.5, 0.6) is 0 Å². The number of esters is 1. The van der Waals surface area contributed by atoms with Crippen LogP contribution >= 0.6 is 0 Å². The molecule has 0 aromatic heterocycles. The van der Waals surface area contributed by atoms with Crippen molar-refractivity contribution in [2.24, 2.45) is 5.41 Å². The number of hydrogen-bond acceptors (Lipinski definition) is 3. The largest absolute Gasteiger partial charge is 0.468 e. The molecule has 1 aliphatic rings. The number of carbonyl (C=O) groups is 1. The smallest absolute Gasteiger partial charge is 0.326 e. The van der Waals surface area contributed by atoms with E-state index in [-0.39, 0.29) is 5.97 Å². The van der Waals surface area contributed by atoms with Gasteiger partial charge in [-0.25, -0.2) is 0 Å². The molecule has 0 aliphatic heterocycles. The van der Waals surface area contributed by atoms with Gasteiger partial charge in [0.1, 0.15) is 5.54 Å². The molecule has 100 valence electrons. The van der Waals surface area contributed by atoms with Crippen molar-refractivity contribution >= 4 is 5.97 Å². The predicted octanol–water partition coefficient (Wildman–Crippen LogP) is 2.89. The van der Waals surface area contributed by atoms with Gasteiger partial charge in [-0.2, -0.15) is 0 Å². The standard InChI is InChI=1S/C14H27NO2/c1-6-11(2)15-14(12(16)17-5)9-7-13(3,4)8-10-14/h11,15H,6-10H2,1-5H3. The molecule has 3 heteroatoms. The molecule has 0 aromatic rings. The van der Waals surface area contributed by atoms with E-state index in [2.05, 4.69) is 33.0 Å². The fourth-order valence-electron chi connectivity index (χ4n) is 2.53. The molecule has 1 saturated carbocycles. The second-order valence-corrected chi connectivity index (χ2v) is 6.19. The zero-order valence-electron chi connectivity index (χ0n) is 11.9. The van der Waals surface area contributed by atoms with Crippen LogP contribution in [0, 0.1) is 5.41 Å². The summed E-state index contributed by atoms with van der Waals surface area (Å²) in [6.07, 6.45) is 4.95. The summed E-state index contributed by atoms with van der Waals surface area (Å²) < 4.78 is 5.01. The topological polar surface area (TPSA) is 38.3 Å². The monoisotopic (exact) mass is 241 g/mol. The maximum atomic E-state index is 12.1. The van der Waals surface area contributed by atoms with Crippen molar-refractivity contribution in [3.05, 3.63) is 0 Å². The van der Waals surface area contributed by atoms with Crippen molar-refractivity contribution in [1.29, 1.82) is 0 Å². The maximum Gasteiger partial charge on any atom is 0.326 e. The summed E-state index contributed by atoms with van der Waals surface area (Å²) in [7, 11) is 1.49. The van der Waals surface area contributed by atoms with Crippen LogP contribution < -0.4 is 5.32 Å². The summed E-state index contributed by atoms with van der Waals surface area (Å²) in [6, 6.07) is 0.357. The fourth-order valence-corrected chi connectivity index (χ4v) is 2.53. The summed E-state index contributed by atoms with van der Waals surface area (Å²) >= 11 is 0. The lowest BCUT2D eigenvalue weighted by atomic mass is 9.69. The van der Waals surface area contributed by atoms with Gasteiger partial charge in [0, 0.05) is 6.04 Å². The lowest BCUT2D eigenvalue weighted by Gasteiger charge is -2.43. The third-order valence-corrected chi connectivity index (χ3v) is 4.17. The third kappa shape index (κ3) is 3.44. The van der Waals surface area contributed by atoms with Gasteiger partial charge in [-0.05, 0) is 44.4 Å². The predicted molar refractivity (Wildman–Crippen MR) is 69.9 cm³/mol. The molecule has 1 unspecified atom stereocenters. The van der Waals surface area contributed by atoms with E-state index < -0.39 is 5.54 Å². The second-order valence-electron chi connectivity index (χ2n) is 6.19. The van der Waals surface area contributed by atoms with Crippen molar-refractivity contribution in [2.45, 2.75) is 71.4 Å². The van der Waals surface area contributed by atoms with Gasteiger partial charge < -0.3 is 4.74 Å². The molecule has 17 heavy (non-hydrogen) atoms. The van der Waals surface area contributed by atoms with Gasteiger partial charge in [-0.1, -0.05) is 20.8 Å². The molecule has 0 spiro atoms. The Morgan fingerprint density at radius 1 is 1.29 bits per heavy atom. The lowest BCUT2D eigenvalue weighted by molar-refractivity contribution is -0.151. The molecule has 1 rings (SSSR count). The maximum absolute atomic E-state index is 12.1. The minimum Gasteiger partial charge on any atom is -0.468 e. The zero-order valence-corrected chi connectivity index (χ0v) is 11.9. The van der Waals surface area contributed by atoms with E-state index in [1.54, 1.807) is 0 Å². The number of rotatable bonds is 4. The molecule has 0 amide bonds. The third-order valence-electron chi connectivity index (χ3n) is 4.17. The van der Waals surface area contributed by atoms with E-state index in [0.717, 1.165) is 32.1 Å². The van der Waals surface area contributed by atoms with E-state index in [9.17, 15) is 4.79 Å². The normalized spacial score (nSPS) is 24.1. The van der Waals surface area contributed by atoms with Crippen molar-refractivity contribution in [2.75, 3.05) is 7.11 Å². The molecule has 0 bridgehead atoms. The Kier molecular flexibility index (Phi) is 4.59. The van der Waals surface area contributed by atoms with Gasteiger partial charge in [-0.15, -0.1) is 0 Å². The highest BCUT2D eigenvalue weighted by Gasteiger charge is 2.45. The Morgan fingerprint density at radius 3 is 2.24 bits per heavy atom. The fraction of sp³-hybridized carbons (Fsp3) is 0.929. The SMILES string of the molecule is CCC(C)NC1(C(=O)OC)CCC(C)(C)CC1. The Hall–Kier alpha value is -0.570. The highest BCUT2D eigenvalue weighted by Crippen LogP contribution is 2.41. The average molecular weight is 241 g/mol. The molecule has 1 aliphatic carbocycles. The van der Waals surface area contributed by atoms with Crippen LogP contribution in [0.15, 0.2) is 0 Å². The molecule has 0 heterocycles.